The predicted molar refractivity (Wildman–Crippen MR) is 102 cm³/mol. The van der Waals surface area contributed by atoms with Crippen molar-refractivity contribution in [2.45, 2.75) is 25.8 Å². The van der Waals surface area contributed by atoms with Crippen LogP contribution in [-0.2, 0) is 13.6 Å². The Kier molecular flexibility index (Phi) is 4.52. The Morgan fingerprint density at radius 1 is 1.12 bits per heavy atom. The topological polar surface area (TPSA) is 71.8 Å². The Hall–Kier alpha value is -2.22. The second kappa shape index (κ2) is 6.95. The summed E-state index contributed by atoms with van der Waals surface area (Å²) in [6.45, 7) is 2.87. The van der Waals surface area contributed by atoms with Gasteiger partial charge in [0.2, 0.25) is 0 Å². The molecule has 0 aliphatic carbocycles. The standard InChI is InChI=1S/C17H20BrN7/c1-24-17-14(15(18)23-24)16(21-11-22-17)20-10-12-5-6-13(19-9-12)25-7-3-2-4-8-25/h5-6,9,11H,2-4,7-8,10H2,1H3,(H,20,21,22). The van der Waals surface area contributed by atoms with E-state index in [0.717, 1.165) is 45.9 Å². The summed E-state index contributed by atoms with van der Waals surface area (Å²) in [6, 6.07) is 4.23. The van der Waals surface area contributed by atoms with Crippen LogP contribution in [0.2, 0.25) is 0 Å². The molecular weight excluding hydrogens is 382 g/mol. The second-order valence-corrected chi connectivity index (χ2v) is 7.01. The van der Waals surface area contributed by atoms with E-state index < -0.39 is 0 Å². The van der Waals surface area contributed by atoms with Crippen LogP contribution < -0.4 is 10.2 Å². The minimum atomic E-state index is 0.653. The second-order valence-electron chi connectivity index (χ2n) is 6.26. The summed E-state index contributed by atoms with van der Waals surface area (Å²) in [5.41, 5.74) is 1.91. The lowest BCUT2D eigenvalue weighted by Crippen LogP contribution is -2.30. The molecule has 0 aromatic carbocycles. The van der Waals surface area contributed by atoms with Crippen molar-refractivity contribution in [1.29, 1.82) is 0 Å². The SMILES string of the molecule is Cn1nc(Br)c2c(NCc3ccc(N4CCCCC4)nc3)ncnc21. The third-order valence-corrected chi connectivity index (χ3v) is 5.08. The van der Waals surface area contributed by atoms with Gasteiger partial charge in [-0.3, -0.25) is 0 Å². The quantitative estimate of drug-likeness (QED) is 0.723. The van der Waals surface area contributed by atoms with E-state index in [9.17, 15) is 0 Å². The van der Waals surface area contributed by atoms with Gasteiger partial charge in [-0.25, -0.2) is 19.6 Å². The van der Waals surface area contributed by atoms with Gasteiger partial charge in [0.15, 0.2) is 5.65 Å². The zero-order valence-electron chi connectivity index (χ0n) is 14.1. The Morgan fingerprint density at radius 2 is 1.96 bits per heavy atom. The Bertz CT molecular complexity index is 869. The molecule has 0 atom stereocenters. The van der Waals surface area contributed by atoms with Crippen LogP contribution in [0.3, 0.4) is 0 Å². The monoisotopic (exact) mass is 401 g/mol. The molecule has 130 valence electrons. The number of halogens is 1. The molecule has 1 aliphatic rings. The van der Waals surface area contributed by atoms with Gasteiger partial charge in [0.1, 0.15) is 22.6 Å². The molecule has 0 amide bonds. The van der Waals surface area contributed by atoms with Crippen LogP contribution in [0.25, 0.3) is 11.0 Å². The molecule has 3 aromatic heterocycles. The highest BCUT2D eigenvalue weighted by molar-refractivity contribution is 9.10. The van der Waals surface area contributed by atoms with E-state index in [-0.39, 0.29) is 0 Å². The average molecular weight is 402 g/mol. The molecule has 25 heavy (non-hydrogen) atoms. The average Bonchev–Trinajstić information content (AvgIpc) is 2.96. The van der Waals surface area contributed by atoms with Crippen LogP contribution in [0.15, 0.2) is 29.3 Å². The number of nitrogens with one attached hydrogen (secondary N) is 1. The van der Waals surface area contributed by atoms with Gasteiger partial charge in [0, 0.05) is 32.9 Å². The lowest BCUT2D eigenvalue weighted by atomic mass is 10.1. The van der Waals surface area contributed by atoms with Crippen LogP contribution in [0.5, 0.6) is 0 Å². The van der Waals surface area contributed by atoms with E-state index >= 15 is 0 Å². The van der Waals surface area contributed by atoms with E-state index in [1.54, 1.807) is 11.0 Å². The summed E-state index contributed by atoms with van der Waals surface area (Å²) < 4.78 is 2.48. The van der Waals surface area contributed by atoms with Gasteiger partial charge in [-0.2, -0.15) is 5.10 Å². The molecule has 1 saturated heterocycles. The summed E-state index contributed by atoms with van der Waals surface area (Å²) >= 11 is 3.48. The van der Waals surface area contributed by atoms with E-state index in [1.807, 2.05) is 13.2 Å². The van der Waals surface area contributed by atoms with Crippen molar-refractivity contribution in [3.05, 3.63) is 34.8 Å². The van der Waals surface area contributed by atoms with Crippen molar-refractivity contribution in [3.63, 3.8) is 0 Å². The third-order valence-electron chi connectivity index (χ3n) is 4.53. The fraction of sp³-hybridized carbons (Fsp3) is 0.412. The lowest BCUT2D eigenvalue weighted by Gasteiger charge is -2.27. The normalized spacial score (nSPS) is 14.9. The fourth-order valence-corrected chi connectivity index (χ4v) is 3.79. The lowest BCUT2D eigenvalue weighted by molar-refractivity contribution is 0.573. The van der Waals surface area contributed by atoms with Gasteiger partial charge >= 0.3 is 0 Å². The number of anilines is 2. The number of piperidine rings is 1. The molecular formula is C17H20BrN7. The number of hydrogen-bond donors (Lipinski definition) is 1. The highest BCUT2D eigenvalue weighted by Gasteiger charge is 2.14. The first kappa shape index (κ1) is 16.3. The largest absolute Gasteiger partial charge is 0.365 e. The van der Waals surface area contributed by atoms with Crippen LogP contribution in [0.1, 0.15) is 24.8 Å². The first-order valence-corrected chi connectivity index (χ1v) is 9.28. The summed E-state index contributed by atoms with van der Waals surface area (Å²) in [5, 5.41) is 8.60. The van der Waals surface area contributed by atoms with Crippen molar-refractivity contribution >= 4 is 38.6 Å². The van der Waals surface area contributed by atoms with E-state index in [2.05, 4.69) is 58.3 Å². The van der Waals surface area contributed by atoms with Crippen LogP contribution in [0.4, 0.5) is 11.6 Å². The molecule has 1 fully saturated rings. The molecule has 0 spiro atoms. The Morgan fingerprint density at radius 3 is 2.72 bits per heavy atom. The van der Waals surface area contributed by atoms with E-state index in [0.29, 0.717) is 6.54 Å². The van der Waals surface area contributed by atoms with E-state index in [4.69, 9.17) is 0 Å². The van der Waals surface area contributed by atoms with Crippen LogP contribution in [-0.4, -0.2) is 37.8 Å². The van der Waals surface area contributed by atoms with Crippen molar-refractivity contribution in [3.8, 4) is 0 Å². The molecule has 0 radical (unpaired) electrons. The molecule has 7 nitrogen and oxygen atoms in total. The van der Waals surface area contributed by atoms with Gasteiger partial charge in [0.05, 0.1) is 5.39 Å². The third kappa shape index (κ3) is 3.30. The maximum atomic E-state index is 4.63. The van der Waals surface area contributed by atoms with Crippen molar-refractivity contribution in [2.24, 2.45) is 7.05 Å². The van der Waals surface area contributed by atoms with E-state index in [1.165, 1.54) is 19.3 Å². The molecule has 0 bridgehead atoms. The Labute approximate surface area is 154 Å². The summed E-state index contributed by atoms with van der Waals surface area (Å²) in [6.07, 6.45) is 7.34. The number of hydrogen-bond acceptors (Lipinski definition) is 6. The maximum absolute atomic E-state index is 4.63. The molecule has 1 aliphatic heterocycles. The summed E-state index contributed by atoms with van der Waals surface area (Å²) in [5.74, 6) is 1.84. The molecule has 8 heteroatoms. The first-order chi connectivity index (χ1) is 12.2. The number of pyridine rings is 1. The smallest absolute Gasteiger partial charge is 0.164 e. The zero-order chi connectivity index (χ0) is 17.2. The maximum Gasteiger partial charge on any atom is 0.164 e. The van der Waals surface area contributed by atoms with Crippen molar-refractivity contribution in [1.82, 2.24) is 24.7 Å². The van der Waals surface area contributed by atoms with Gasteiger partial charge in [0.25, 0.3) is 0 Å². The molecule has 0 saturated carbocycles. The molecule has 0 unspecified atom stereocenters. The summed E-state index contributed by atoms with van der Waals surface area (Å²) in [7, 11) is 1.87. The molecule has 4 rings (SSSR count). The van der Waals surface area contributed by atoms with Crippen LogP contribution in [0, 0.1) is 0 Å². The number of nitrogens with zero attached hydrogens (tertiary/aromatic N) is 6. The van der Waals surface area contributed by atoms with Gasteiger partial charge in [-0.05, 0) is 46.8 Å². The van der Waals surface area contributed by atoms with Gasteiger partial charge < -0.3 is 10.2 Å². The van der Waals surface area contributed by atoms with Gasteiger partial charge in [-0.15, -0.1) is 0 Å². The number of aryl methyl sites for hydroxylation is 1. The number of rotatable bonds is 4. The number of aromatic nitrogens is 5. The fourth-order valence-electron chi connectivity index (χ4n) is 3.19. The molecule has 3 aromatic rings. The highest BCUT2D eigenvalue weighted by atomic mass is 79.9. The molecule has 4 heterocycles. The highest BCUT2D eigenvalue weighted by Crippen LogP contribution is 2.27. The molecule has 1 N–H and O–H groups in total. The Balaban J connectivity index is 1.48. The van der Waals surface area contributed by atoms with Gasteiger partial charge in [-0.1, -0.05) is 6.07 Å². The zero-order valence-corrected chi connectivity index (χ0v) is 15.7. The summed E-state index contributed by atoms with van der Waals surface area (Å²) in [4.78, 5) is 15.6. The minimum Gasteiger partial charge on any atom is -0.365 e. The van der Waals surface area contributed by atoms with Crippen LogP contribution >= 0.6 is 15.9 Å². The number of fused-ring (bicyclic) bond motifs is 1. The minimum absolute atomic E-state index is 0.653. The predicted octanol–water partition coefficient (Wildman–Crippen LogP) is 3.12. The van der Waals surface area contributed by atoms with Crippen molar-refractivity contribution in [2.75, 3.05) is 23.3 Å². The first-order valence-electron chi connectivity index (χ1n) is 8.49. The van der Waals surface area contributed by atoms with Crippen molar-refractivity contribution < 1.29 is 0 Å².